The number of halogens is 7. The first-order valence-electron chi connectivity index (χ1n) is 11.7. The number of hydrogen-bond acceptors (Lipinski definition) is 4. The predicted octanol–water partition coefficient (Wildman–Crippen LogP) is 7.33. The van der Waals surface area contributed by atoms with E-state index in [1.807, 2.05) is 6.92 Å². The van der Waals surface area contributed by atoms with Crippen molar-refractivity contribution in [3.8, 4) is 16.9 Å². The minimum atomic E-state index is -4.54. The van der Waals surface area contributed by atoms with Crippen LogP contribution in [0.3, 0.4) is 0 Å². The van der Waals surface area contributed by atoms with Crippen molar-refractivity contribution in [2.75, 3.05) is 19.8 Å². The van der Waals surface area contributed by atoms with Crippen molar-refractivity contribution in [1.29, 1.82) is 0 Å². The Kier molecular flexibility index (Phi) is 8.29. The first kappa shape index (κ1) is 27.9. The minimum Gasteiger partial charge on any atom is -0.429 e. The lowest BCUT2D eigenvalue weighted by atomic mass is 10.0. The van der Waals surface area contributed by atoms with Crippen LogP contribution in [0, 0.1) is 36.0 Å². The highest BCUT2D eigenvalue weighted by atomic mass is 19.3. The van der Waals surface area contributed by atoms with Gasteiger partial charge < -0.3 is 18.9 Å². The van der Waals surface area contributed by atoms with E-state index in [0.29, 0.717) is 24.8 Å². The Morgan fingerprint density at radius 3 is 2.11 bits per heavy atom. The molecule has 1 aliphatic heterocycles. The number of aryl methyl sites for hydroxylation is 1. The van der Waals surface area contributed by atoms with Crippen LogP contribution in [0.4, 0.5) is 30.7 Å². The van der Waals surface area contributed by atoms with Gasteiger partial charge in [0.1, 0.15) is 34.9 Å². The van der Waals surface area contributed by atoms with Gasteiger partial charge >= 0.3 is 6.11 Å². The Labute approximate surface area is 213 Å². The van der Waals surface area contributed by atoms with Crippen LogP contribution in [0.1, 0.15) is 36.3 Å². The van der Waals surface area contributed by atoms with Gasteiger partial charge in [0.05, 0.1) is 13.2 Å². The fraction of sp³-hybridized carbons (Fsp3) is 0.333. The summed E-state index contributed by atoms with van der Waals surface area (Å²) in [7, 11) is 0. The van der Waals surface area contributed by atoms with Crippen molar-refractivity contribution in [3.05, 3.63) is 88.2 Å². The smallest absolute Gasteiger partial charge is 0.429 e. The van der Waals surface area contributed by atoms with Crippen molar-refractivity contribution in [2.45, 2.75) is 38.8 Å². The van der Waals surface area contributed by atoms with E-state index in [2.05, 4.69) is 4.74 Å². The van der Waals surface area contributed by atoms with Crippen molar-refractivity contribution < 1.29 is 49.7 Å². The van der Waals surface area contributed by atoms with Crippen molar-refractivity contribution in [2.24, 2.45) is 0 Å². The molecule has 0 radical (unpaired) electrons. The van der Waals surface area contributed by atoms with Crippen LogP contribution in [0.25, 0.3) is 11.1 Å². The van der Waals surface area contributed by atoms with Crippen LogP contribution in [0.15, 0.2) is 42.5 Å². The molecule has 204 valence electrons. The van der Waals surface area contributed by atoms with Gasteiger partial charge in [0.2, 0.25) is 0 Å². The predicted molar refractivity (Wildman–Crippen MR) is 122 cm³/mol. The van der Waals surface area contributed by atoms with Crippen molar-refractivity contribution in [1.82, 2.24) is 0 Å². The van der Waals surface area contributed by atoms with Crippen LogP contribution >= 0.6 is 0 Å². The summed E-state index contributed by atoms with van der Waals surface area (Å²) in [6.07, 6.45) is -5.31. The van der Waals surface area contributed by atoms with Gasteiger partial charge in [-0.25, -0.2) is 22.0 Å². The molecule has 1 fully saturated rings. The Balaban J connectivity index is 1.52. The van der Waals surface area contributed by atoms with Gasteiger partial charge in [-0.1, -0.05) is 6.92 Å². The van der Waals surface area contributed by atoms with E-state index in [4.69, 9.17) is 14.2 Å². The third kappa shape index (κ3) is 5.95. The third-order valence-corrected chi connectivity index (χ3v) is 5.76. The second-order valence-electron chi connectivity index (χ2n) is 8.70. The Hall–Kier alpha value is -3.15. The molecule has 0 spiro atoms. The van der Waals surface area contributed by atoms with Gasteiger partial charge in [-0.3, -0.25) is 0 Å². The molecule has 3 aromatic carbocycles. The average Bonchev–Trinajstić information content (AvgIpc) is 2.85. The minimum absolute atomic E-state index is 0.0414. The molecule has 1 heterocycles. The summed E-state index contributed by atoms with van der Waals surface area (Å²) in [5.74, 6) is -7.43. The highest BCUT2D eigenvalue weighted by Crippen LogP contribution is 2.38. The highest BCUT2D eigenvalue weighted by molar-refractivity contribution is 5.66. The fourth-order valence-electron chi connectivity index (χ4n) is 3.94. The molecule has 1 saturated heterocycles. The number of hydrogen-bond donors (Lipinski definition) is 0. The SMILES string of the molecule is CCCOC1COC(c2cc(F)c(C(F)(F)Oc3ccc(-c4cc(C)c(F)c(F)c4)c(F)c3)c(F)c2)OC1. The lowest BCUT2D eigenvalue weighted by molar-refractivity contribution is -0.230. The first-order chi connectivity index (χ1) is 18.0. The van der Waals surface area contributed by atoms with E-state index >= 15 is 0 Å². The van der Waals surface area contributed by atoms with Gasteiger partial charge in [0.25, 0.3) is 0 Å². The molecule has 4 rings (SSSR count). The number of ether oxygens (including phenoxy) is 4. The maximum absolute atomic E-state index is 14.8. The summed E-state index contributed by atoms with van der Waals surface area (Å²) >= 11 is 0. The maximum atomic E-state index is 14.8. The zero-order chi connectivity index (χ0) is 27.6. The topological polar surface area (TPSA) is 36.9 Å². The van der Waals surface area contributed by atoms with Gasteiger partial charge in [0, 0.05) is 23.8 Å². The summed E-state index contributed by atoms with van der Waals surface area (Å²) in [6.45, 7) is 3.84. The summed E-state index contributed by atoms with van der Waals surface area (Å²) in [4.78, 5) is 0. The van der Waals surface area contributed by atoms with E-state index in [1.165, 1.54) is 13.0 Å². The second-order valence-corrected chi connectivity index (χ2v) is 8.70. The molecule has 11 heteroatoms. The highest BCUT2D eigenvalue weighted by Gasteiger charge is 2.42. The molecule has 0 bridgehead atoms. The summed E-state index contributed by atoms with van der Waals surface area (Å²) in [6, 6.07) is 5.67. The second kappa shape index (κ2) is 11.3. The molecule has 1 aliphatic rings. The van der Waals surface area contributed by atoms with E-state index in [-0.39, 0.29) is 41.6 Å². The zero-order valence-electron chi connectivity index (χ0n) is 20.3. The van der Waals surface area contributed by atoms with Gasteiger partial charge in [-0.2, -0.15) is 8.78 Å². The quantitative estimate of drug-likeness (QED) is 0.279. The molecule has 3 aromatic rings. The molecule has 0 aromatic heterocycles. The molecule has 38 heavy (non-hydrogen) atoms. The monoisotopic (exact) mass is 544 g/mol. The number of benzene rings is 3. The molecular formula is C27H23F7O4. The van der Waals surface area contributed by atoms with E-state index in [0.717, 1.165) is 24.6 Å². The lowest BCUT2D eigenvalue weighted by Crippen LogP contribution is -2.34. The third-order valence-electron chi connectivity index (χ3n) is 5.76. The number of rotatable bonds is 8. The van der Waals surface area contributed by atoms with Crippen LogP contribution in [-0.4, -0.2) is 25.9 Å². The molecular weight excluding hydrogens is 521 g/mol. The van der Waals surface area contributed by atoms with Crippen molar-refractivity contribution in [3.63, 3.8) is 0 Å². The Bertz CT molecular complexity index is 1260. The van der Waals surface area contributed by atoms with E-state index < -0.39 is 52.8 Å². The molecule has 0 aliphatic carbocycles. The molecule has 0 saturated carbocycles. The van der Waals surface area contributed by atoms with Crippen LogP contribution in [0.2, 0.25) is 0 Å². The van der Waals surface area contributed by atoms with Gasteiger partial charge in [0.15, 0.2) is 17.9 Å². The summed E-state index contributed by atoms with van der Waals surface area (Å²) in [5, 5.41) is 0. The average molecular weight is 544 g/mol. The lowest BCUT2D eigenvalue weighted by Gasteiger charge is -2.30. The number of alkyl halides is 2. The first-order valence-corrected chi connectivity index (χ1v) is 11.7. The van der Waals surface area contributed by atoms with Crippen LogP contribution in [0.5, 0.6) is 5.75 Å². The molecule has 0 N–H and O–H groups in total. The van der Waals surface area contributed by atoms with Gasteiger partial charge in [-0.05, 0) is 60.9 Å². The largest absolute Gasteiger partial charge is 0.432 e. The summed E-state index contributed by atoms with van der Waals surface area (Å²) in [5.41, 5.74) is -2.21. The Morgan fingerprint density at radius 2 is 1.53 bits per heavy atom. The molecule has 0 amide bonds. The molecule has 0 unspecified atom stereocenters. The van der Waals surface area contributed by atoms with E-state index in [9.17, 15) is 30.7 Å². The maximum Gasteiger partial charge on any atom is 0.432 e. The van der Waals surface area contributed by atoms with Crippen molar-refractivity contribution >= 4 is 0 Å². The Morgan fingerprint density at radius 1 is 0.868 bits per heavy atom. The zero-order valence-corrected chi connectivity index (χ0v) is 20.3. The van der Waals surface area contributed by atoms with Crippen LogP contribution < -0.4 is 4.74 Å². The van der Waals surface area contributed by atoms with Gasteiger partial charge in [-0.15, -0.1) is 0 Å². The normalized spacial score (nSPS) is 18.0. The van der Waals surface area contributed by atoms with E-state index in [1.54, 1.807) is 0 Å². The van der Waals surface area contributed by atoms with Crippen LogP contribution in [-0.2, 0) is 20.3 Å². The molecule has 0 atom stereocenters. The standard InChI is InChI=1S/C27H23F7O4/c1-3-6-35-18-12-36-26(37-13-18)16-9-21(29)24(22(30)10-16)27(33,34)38-17-4-5-19(20(28)11-17)15-7-14(2)25(32)23(31)8-15/h4-5,7-11,18,26H,3,6,12-13H2,1-2H3. The molecule has 4 nitrogen and oxygen atoms in total. The summed E-state index contributed by atoms with van der Waals surface area (Å²) < 4.78 is 122. The fourth-order valence-corrected chi connectivity index (χ4v) is 3.94.